The van der Waals surface area contributed by atoms with E-state index in [1.165, 1.54) is 21.0 Å². The molecular formula is C26H26N4O17. The number of methoxy groups -OCH3 is 1. The Morgan fingerprint density at radius 2 is 1.23 bits per heavy atom. The first-order chi connectivity index (χ1) is 22.0. The van der Waals surface area contributed by atoms with E-state index >= 15 is 0 Å². The topological polar surface area (TPSA) is 282 Å². The van der Waals surface area contributed by atoms with Gasteiger partial charge in [0.15, 0.2) is 12.1 Å². The predicted octanol–water partition coefficient (Wildman–Crippen LogP) is 2.35. The molecule has 2 aromatic rings. The minimum absolute atomic E-state index is 0.287. The van der Waals surface area contributed by atoms with E-state index in [1.807, 2.05) is 0 Å². The second-order valence-electron chi connectivity index (χ2n) is 10.8. The van der Waals surface area contributed by atoms with Crippen molar-refractivity contribution in [3.05, 3.63) is 88.0 Å². The second-order valence-corrected chi connectivity index (χ2v) is 10.8. The summed E-state index contributed by atoms with van der Waals surface area (Å²) in [5, 5.41) is 56.1. The number of hydrogen-bond donors (Lipinski definition) is 1. The highest BCUT2D eigenvalue weighted by Gasteiger charge is 2.63. The molecule has 252 valence electrons. The number of aliphatic hydroxyl groups excluding tert-OH is 1. The molecule has 1 spiro atoms. The number of ether oxygens (including phenoxy) is 6. The van der Waals surface area contributed by atoms with Crippen molar-refractivity contribution in [2.75, 3.05) is 20.3 Å². The Bertz CT molecular complexity index is 1570. The fourth-order valence-corrected chi connectivity index (χ4v) is 5.22. The van der Waals surface area contributed by atoms with Crippen molar-refractivity contribution < 1.29 is 62.8 Å². The number of carbonyl (C=O) groups excluding carboxylic acids is 2. The van der Waals surface area contributed by atoms with Crippen LogP contribution in [-0.2, 0) is 28.4 Å². The molecule has 0 saturated carbocycles. The first-order valence-corrected chi connectivity index (χ1v) is 13.4. The van der Waals surface area contributed by atoms with Crippen molar-refractivity contribution in [3.8, 4) is 0 Å². The molecule has 0 aliphatic carbocycles. The van der Waals surface area contributed by atoms with Gasteiger partial charge in [-0.25, -0.2) is 9.59 Å². The van der Waals surface area contributed by atoms with Crippen LogP contribution in [0.25, 0.3) is 0 Å². The van der Waals surface area contributed by atoms with E-state index in [1.54, 1.807) is 0 Å². The highest BCUT2D eigenvalue weighted by Crippen LogP contribution is 2.46. The Balaban J connectivity index is 1.55. The number of nitrogens with zero attached hydrogens (tertiary/aromatic N) is 4. The molecule has 2 heterocycles. The van der Waals surface area contributed by atoms with Gasteiger partial charge in [-0.3, -0.25) is 40.5 Å². The Kier molecular flexibility index (Phi) is 9.77. The minimum atomic E-state index is -1.77. The number of hydrogen-bond acceptors (Lipinski definition) is 17. The molecular weight excluding hydrogens is 640 g/mol. The number of aliphatic hydroxyl groups is 1. The van der Waals surface area contributed by atoms with Gasteiger partial charge in [0.25, 0.3) is 22.7 Å². The van der Waals surface area contributed by atoms with Crippen molar-refractivity contribution in [3.63, 3.8) is 0 Å². The number of benzene rings is 2. The average Bonchev–Trinajstić information content (AvgIpc) is 3.28. The van der Waals surface area contributed by atoms with Crippen molar-refractivity contribution in [1.29, 1.82) is 0 Å². The van der Waals surface area contributed by atoms with E-state index in [-0.39, 0.29) is 6.42 Å². The first-order valence-electron chi connectivity index (χ1n) is 13.4. The maximum absolute atomic E-state index is 12.9. The summed E-state index contributed by atoms with van der Waals surface area (Å²) in [5.41, 5.74) is -5.68. The van der Waals surface area contributed by atoms with Crippen molar-refractivity contribution in [1.82, 2.24) is 0 Å². The zero-order chi connectivity index (χ0) is 34.8. The molecule has 0 bridgehead atoms. The molecule has 0 amide bonds. The molecule has 2 aliphatic heterocycles. The number of nitro benzene ring substituents is 4. The SMILES string of the molecule is CO[C@H]1O[C@H](COC(=O)c2cc([N+](=O)[O-])cc([N+](=O)[O-])c2)C[C@]2(OC(C)(C)O[C@H]2COC(=O)c2cc([N+](=O)[O-])cc([N+](=O)[O-])c2)[C@H]1O. The number of rotatable bonds is 11. The largest absolute Gasteiger partial charge is 0.459 e. The van der Waals surface area contributed by atoms with Crippen LogP contribution in [0.3, 0.4) is 0 Å². The lowest BCUT2D eigenvalue weighted by molar-refractivity contribution is -0.394. The van der Waals surface area contributed by atoms with E-state index in [0.717, 1.165) is 24.3 Å². The van der Waals surface area contributed by atoms with Gasteiger partial charge in [-0.05, 0) is 13.8 Å². The monoisotopic (exact) mass is 666 g/mol. The van der Waals surface area contributed by atoms with Crippen molar-refractivity contribution in [2.24, 2.45) is 0 Å². The zero-order valence-electron chi connectivity index (χ0n) is 24.7. The lowest BCUT2D eigenvalue weighted by Gasteiger charge is -2.46. The first kappa shape index (κ1) is 34.6. The van der Waals surface area contributed by atoms with Gasteiger partial charge in [0.2, 0.25) is 0 Å². The van der Waals surface area contributed by atoms with Crippen LogP contribution in [0, 0.1) is 40.5 Å². The highest BCUT2D eigenvalue weighted by atomic mass is 16.8. The number of nitro groups is 4. The van der Waals surface area contributed by atoms with E-state index in [4.69, 9.17) is 28.4 Å². The summed E-state index contributed by atoms with van der Waals surface area (Å²) in [7, 11) is 1.18. The summed E-state index contributed by atoms with van der Waals surface area (Å²) in [6, 6.07) is 4.48. The summed E-state index contributed by atoms with van der Waals surface area (Å²) in [4.78, 5) is 66.8. The van der Waals surface area contributed by atoms with Crippen LogP contribution in [0.4, 0.5) is 22.7 Å². The smallest absolute Gasteiger partial charge is 0.338 e. The molecule has 2 fully saturated rings. The lowest BCUT2D eigenvalue weighted by atomic mass is 9.82. The quantitative estimate of drug-likeness (QED) is 0.204. The maximum Gasteiger partial charge on any atom is 0.338 e. The number of carbonyl (C=O) groups is 2. The fourth-order valence-electron chi connectivity index (χ4n) is 5.22. The summed E-state index contributed by atoms with van der Waals surface area (Å²) < 4.78 is 33.5. The third-order valence-electron chi connectivity index (χ3n) is 7.16. The summed E-state index contributed by atoms with van der Waals surface area (Å²) in [6.07, 6.45) is -5.71. The third kappa shape index (κ3) is 7.44. The average molecular weight is 667 g/mol. The van der Waals surface area contributed by atoms with E-state index in [0.29, 0.717) is 12.1 Å². The summed E-state index contributed by atoms with van der Waals surface area (Å²) in [6.45, 7) is 1.75. The predicted molar refractivity (Wildman–Crippen MR) is 149 cm³/mol. The van der Waals surface area contributed by atoms with Crippen LogP contribution < -0.4 is 0 Å². The standard InChI is InChI=1S/C26H26N4O17/c1-25(2)46-20(12-44-23(33)14-6-17(29(38)39)9-18(7-14)30(40)41)26(47-25)10-19(45-24(42-3)21(26)31)11-43-22(32)13-4-15(27(34)35)8-16(5-13)28(36)37/h4-9,19-21,24,31H,10-12H2,1-3H3/t19-,20-,21-,24-,26+/m0/s1. The molecule has 0 radical (unpaired) electrons. The highest BCUT2D eigenvalue weighted by molar-refractivity contribution is 5.91. The molecule has 1 N–H and O–H groups in total. The zero-order valence-corrected chi connectivity index (χ0v) is 24.7. The minimum Gasteiger partial charge on any atom is -0.459 e. The molecule has 2 saturated heterocycles. The normalized spacial score (nSPS) is 24.8. The maximum atomic E-state index is 12.9. The van der Waals surface area contributed by atoms with Gasteiger partial charge >= 0.3 is 11.9 Å². The molecule has 4 rings (SSSR count). The van der Waals surface area contributed by atoms with Crippen LogP contribution >= 0.6 is 0 Å². The van der Waals surface area contributed by atoms with Crippen LogP contribution in [0.5, 0.6) is 0 Å². The molecule has 2 aromatic carbocycles. The Morgan fingerprint density at radius 3 is 1.64 bits per heavy atom. The van der Waals surface area contributed by atoms with Gasteiger partial charge in [0, 0.05) is 37.8 Å². The third-order valence-corrected chi connectivity index (χ3v) is 7.16. The van der Waals surface area contributed by atoms with Gasteiger partial charge in [0.1, 0.15) is 31.0 Å². The Labute approximate surface area is 262 Å². The van der Waals surface area contributed by atoms with Crippen LogP contribution in [0.2, 0.25) is 0 Å². The van der Waals surface area contributed by atoms with Gasteiger partial charge in [-0.15, -0.1) is 0 Å². The second kappa shape index (κ2) is 13.3. The van der Waals surface area contributed by atoms with Crippen LogP contribution in [0.1, 0.15) is 41.0 Å². The van der Waals surface area contributed by atoms with Gasteiger partial charge in [-0.1, -0.05) is 0 Å². The van der Waals surface area contributed by atoms with Crippen molar-refractivity contribution >= 4 is 34.7 Å². The fraction of sp³-hybridized carbons (Fsp3) is 0.462. The molecule has 47 heavy (non-hydrogen) atoms. The molecule has 0 aromatic heterocycles. The van der Waals surface area contributed by atoms with Gasteiger partial charge in [0.05, 0.1) is 49.1 Å². The molecule has 0 unspecified atom stereocenters. The van der Waals surface area contributed by atoms with Gasteiger partial charge in [-0.2, -0.15) is 0 Å². The van der Waals surface area contributed by atoms with Crippen molar-refractivity contribution in [2.45, 2.75) is 56.3 Å². The number of esters is 2. The Morgan fingerprint density at radius 1 is 0.809 bits per heavy atom. The van der Waals surface area contributed by atoms with Gasteiger partial charge < -0.3 is 33.5 Å². The number of non-ortho nitro benzene ring substituents is 4. The Hall–Kier alpha value is -5.22. The lowest BCUT2D eigenvalue weighted by Crippen LogP contribution is -2.64. The van der Waals surface area contributed by atoms with Crippen LogP contribution in [0.15, 0.2) is 36.4 Å². The van der Waals surface area contributed by atoms with E-state index < -0.39 is 115 Å². The van der Waals surface area contributed by atoms with E-state index in [2.05, 4.69) is 0 Å². The summed E-state index contributed by atoms with van der Waals surface area (Å²) >= 11 is 0. The summed E-state index contributed by atoms with van der Waals surface area (Å²) in [5.74, 6) is -3.78. The molecule has 5 atom stereocenters. The van der Waals surface area contributed by atoms with Crippen LogP contribution in [-0.4, -0.2) is 93.1 Å². The molecule has 21 heteroatoms. The van der Waals surface area contributed by atoms with E-state index in [9.17, 15) is 55.2 Å². The molecule has 2 aliphatic rings. The molecule has 21 nitrogen and oxygen atoms in total.